The molecule has 0 unspecified atom stereocenters. The van der Waals surface area contributed by atoms with Crippen molar-refractivity contribution in [2.75, 3.05) is 5.32 Å². The van der Waals surface area contributed by atoms with E-state index in [4.69, 9.17) is 27.9 Å². The van der Waals surface area contributed by atoms with E-state index in [1.165, 1.54) is 0 Å². The first-order valence-electron chi connectivity index (χ1n) is 6.14. The Morgan fingerprint density at radius 3 is 2.52 bits per heavy atom. The normalized spacial score (nSPS) is 11.8. The molecule has 0 saturated carbocycles. The highest BCUT2D eigenvalue weighted by atomic mass is 79.9. The minimum Gasteiger partial charge on any atom is -0.479 e. The molecule has 110 valence electrons. The van der Waals surface area contributed by atoms with Gasteiger partial charge in [-0.15, -0.1) is 0 Å². The largest absolute Gasteiger partial charge is 0.479 e. The van der Waals surface area contributed by atoms with Crippen molar-refractivity contribution in [1.82, 2.24) is 0 Å². The first-order valence-corrected chi connectivity index (χ1v) is 7.69. The number of amides is 1. The SMILES string of the molecule is C[C@H](Oc1cc(Cl)ccc1Cl)C(=O)Nc1ccc(Br)cc1. The van der Waals surface area contributed by atoms with Gasteiger partial charge in [-0.25, -0.2) is 0 Å². The Labute approximate surface area is 141 Å². The van der Waals surface area contributed by atoms with Gasteiger partial charge < -0.3 is 10.1 Å². The van der Waals surface area contributed by atoms with Crippen LogP contribution in [-0.2, 0) is 4.79 Å². The van der Waals surface area contributed by atoms with Gasteiger partial charge in [-0.1, -0.05) is 39.1 Å². The van der Waals surface area contributed by atoms with Crippen LogP contribution in [0, 0.1) is 0 Å². The number of hydrogen-bond donors (Lipinski definition) is 1. The summed E-state index contributed by atoms with van der Waals surface area (Å²) in [6.45, 7) is 1.64. The van der Waals surface area contributed by atoms with Gasteiger partial charge in [0.05, 0.1) is 5.02 Å². The van der Waals surface area contributed by atoms with Crippen molar-refractivity contribution >= 4 is 50.7 Å². The molecule has 2 rings (SSSR count). The molecule has 1 amide bonds. The molecule has 1 atom stereocenters. The lowest BCUT2D eigenvalue weighted by Crippen LogP contribution is -2.30. The highest BCUT2D eigenvalue weighted by Crippen LogP contribution is 2.28. The van der Waals surface area contributed by atoms with Gasteiger partial charge in [-0.2, -0.15) is 0 Å². The third-order valence-corrected chi connectivity index (χ3v) is 3.75. The maximum absolute atomic E-state index is 12.1. The van der Waals surface area contributed by atoms with Crippen LogP contribution in [0.5, 0.6) is 5.75 Å². The van der Waals surface area contributed by atoms with E-state index in [0.717, 1.165) is 4.47 Å². The predicted molar refractivity (Wildman–Crippen MR) is 89.3 cm³/mol. The molecule has 0 radical (unpaired) electrons. The van der Waals surface area contributed by atoms with Crippen LogP contribution in [0.1, 0.15) is 6.92 Å². The second kappa shape index (κ2) is 7.16. The van der Waals surface area contributed by atoms with Crippen LogP contribution in [-0.4, -0.2) is 12.0 Å². The van der Waals surface area contributed by atoms with Crippen molar-refractivity contribution in [3.63, 3.8) is 0 Å². The number of rotatable bonds is 4. The van der Waals surface area contributed by atoms with Crippen molar-refractivity contribution < 1.29 is 9.53 Å². The van der Waals surface area contributed by atoms with Crippen molar-refractivity contribution in [3.8, 4) is 5.75 Å². The van der Waals surface area contributed by atoms with E-state index in [2.05, 4.69) is 21.2 Å². The van der Waals surface area contributed by atoms with Crippen LogP contribution >= 0.6 is 39.1 Å². The molecule has 0 spiro atoms. The van der Waals surface area contributed by atoms with Crippen LogP contribution in [0.25, 0.3) is 0 Å². The molecule has 2 aromatic rings. The molecule has 0 fully saturated rings. The zero-order chi connectivity index (χ0) is 15.4. The molecule has 0 aromatic heterocycles. The number of hydrogen-bond acceptors (Lipinski definition) is 2. The number of ether oxygens (including phenoxy) is 1. The number of anilines is 1. The molecule has 2 aromatic carbocycles. The van der Waals surface area contributed by atoms with E-state index < -0.39 is 6.10 Å². The zero-order valence-electron chi connectivity index (χ0n) is 11.1. The third-order valence-electron chi connectivity index (χ3n) is 2.68. The van der Waals surface area contributed by atoms with Gasteiger partial charge in [0.25, 0.3) is 5.91 Å². The van der Waals surface area contributed by atoms with Crippen molar-refractivity contribution in [3.05, 3.63) is 57.0 Å². The molecular formula is C15H12BrCl2NO2. The van der Waals surface area contributed by atoms with Gasteiger partial charge in [-0.3, -0.25) is 4.79 Å². The number of benzene rings is 2. The fraction of sp³-hybridized carbons (Fsp3) is 0.133. The Balaban J connectivity index is 2.02. The molecular weight excluding hydrogens is 377 g/mol. The second-order valence-electron chi connectivity index (χ2n) is 4.33. The average Bonchev–Trinajstić information content (AvgIpc) is 2.45. The fourth-order valence-corrected chi connectivity index (χ4v) is 2.18. The Morgan fingerprint density at radius 1 is 1.19 bits per heavy atom. The summed E-state index contributed by atoms with van der Waals surface area (Å²) in [5.74, 6) is 0.107. The predicted octanol–water partition coefficient (Wildman–Crippen LogP) is 5.16. The summed E-state index contributed by atoms with van der Waals surface area (Å²) in [5, 5.41) is 3.66. The maximum atomic E-state index is 12.1. The summed E-state index contributed by atoms with van der Waals surface area (Å²) in [4.78, 5) is 12.1. The van der Waals surface area contributed by atoms with E-state index in [0.29, 0.717) is 21.5 Å². The van der Waals surface area contributed by atoms with E-state index >= 15 is 0 Å². The molecule has 0 bridgehead atoms. The Morgan fingerprint density at radius 2 is 1.86 bits per heavy atom. The van der Waals surface area contributed by atoms with Crippen LogP contribution in [0.3, 0.4) is 0 Å². The summed E-state index contributed by atoms with van der Waals surface area (Å²) in [7, 11) is 0. The van der Waals surface area contributed by atoms with Gasteiger partial charge in [0, 0.05) is 21.2 Å². The number of nitrogens with one attached hydrogen (secondary N) is 1. The van der Waals surface area contributed by atoms with Crippen LogP contribution in [0.4, 0.5) is 5.69 Å². The minimum absolute atomic E-state index is 0.270. The van der Waals surface area contributed by atoms with Gasteiger partial charge in [-0.05, 0) is 43.3 Å². The Kier molecular flexibility index (Phi) is 5.51. The molecule has 21 heavy (non-hydrogen) atoms. The molecule has 0 aliphatic carbocycles. The maximum Gasteiger partial charge on any atom is 0.265 e. The number of carbonyl (C=O) groups excluding carboxylic acids is 1. The minimum atomic E-state index is -0.704. The molecule has 3 nitrogen and oxygen atoms in total. The first-order chi connectivity index (χ1) is 9.95. The molecule has 0 heterocycles. The summed E-state index contributed by atoms with van der Waals surface area (Å²) < 4.78 is 6.49. The topological polar surface area (TPSA) is 38.3 Å². The zero-order valence-corrected chi connectivity index (χ0v) is 14.2. The van der Waals surface area contributed by atoms with E-state index in [-0.39, 0.29) is 5.91 Å². The van der Waals surface area contributed by atoms with E-state index in [1.54, 1.807) is 37.3 Å². The smallest absolute Gasteiger partial charge is 0.265 e. The lowest BCUT2D eigenvalue weighted by molar-refractivity contribution is -0.122. The highest BCUT2D eigenvalue weighted by Gasteiger charge is 2.16. The number of carbonyl (C=O) groups is 1. The van der Waals surface area contributed by atoms with Crippen LogP contribution in [0.2, 0.25) is 10.0 Å². The quantitative estimate of drug-likeness (QED) is 0.785. The van der Waals surface area contributed by atoms with Crippen LogP contribution < -0.4 is 10.1 Å². The van der Waals surface area contributed by atoms with E-state index in [9.17, 15) is 4.79 Å². The summed E-state index contributed by atoms with van der Waals surface area (Å²) >= 11 is 15.2. The average molecular weight is 389 g/mol. The molecule has 1 N–H and O–H groups in total. The number of halogens is 3. The lowest BCUT2D eigenvalue weighted by atomic mass is 10.3. The monoisotopic (exact) mass is 387 g/mol. The first kappa shape index (κ1) is 16.1. The fourth-order valence-electron chi connectivity index (χ4n) is 1.59. The highest BCUT2D eigenvalue weighted by molar-refractivity contribution is 9.10. The summed E-state index contributed by atoms with van der Waals surface area (Å²) in [6, 6.07) is 12.1. The summed E-state index contributed by atoms with van der Waals surface area (Å²) in [5.41, 5.74) is 0.691. The standard InChI is InChI=1S/C15H12BrCl2NO2/c1-9(21-14-8-11(17)4-7-13(14)18)15(20)19-12-5-2-10(16)3-6-12/h2-9H,1H3,(H,19,20)/t9-/m0/s1. The van der Waals surface area contributed by atoms with Crippen molar-refractivity contribution in [2.24, 2.45) is 0 Å². The van der Waals surface area contributed by atoms with Gasteiger partial charge >= 0.3 is 0 Å². The molecule has 0 saturated heterocycles. The molecule has 0 aliphatic rings. The van der Waals surface area contributed by atoms with E-state index in [1.807, 2.05) is 12.1 Å². The lowest BCUT2D eigenvalue weighted by Gasteiger charge is -2.16. The van der Waals surface area contributed by atoms with Gasteiger partial charge in [0.1, 0.15) is 5.75 Å². The van der Waals surface area contributed by atoms with Crippen molar-refractivity contribution in [1.29, 1.82) is 0 Å². The molecule has 6 heteroatoms. The van der Waals surface area contributed by atoms with Gasteiger partial charge in [0.2, 0.25) is 0 Å². The Bertz CT molecular complexity index is 647. The second-order valence-corrected chi connectivity index (χ2v) is 6.09. The summed E-state index contributed by atoms with van der Waals surface area (Å²) in [6.07, 6.45) is -0.704. The van der Waals surface area contributed by atoms with Crippen LogP contribution in [0.15, 0.2) is 46.9 Å². The van der Waals surface area contributed by atoms with Gasteiger partial charge in [0.15, 0.2) is 6.10 Å². The third kappa shape index (κ3) is 4.63. The Hall–Kier alpha value is -1.23. The van der Waals surface area contributed by atoms with Crippen molar-refractivity contribution in [2.45, 2.75) is 13.0 Å². The molecule has 0 aliphatic heterocycles.